The Morgan fingerprint density at radius 2 is 2.05 bits per heavy atom. The van der Waals surface area contributed by atoms with Gasteiger partial charge in [0.05, 0.1) is 6.54 Å². The highest BCUT2D eigenvalue weighted by Crippen LogP contribution is 2.18. The molecule has 0 aliphatic rings. The highest BCUT2D eigenvalue weighted by atomic mass is 16.3. The minimum absolute atomic E-state index is 0.178. The second-order valence-corrected chi connectivity index (χ2v) is 6.02. The van der Waals surface area contributed by atoms with E-state index in [1.807, 2.05) is 37.8 Å². The van der Waals surface area contributed by atoms with Gasteiger partial charge in [-0.3, -0.25) is 4.79 Å². The van der Waals surface area contributed by atoms with Gasteiger partial charge in [-0.2, -0.15) is 0 Å². The SMILES string of the molecule is CCC(CCN)CCC(=O)N(Cc1ccc(C)o1)C(C)C. The molecule has 2 N–H and O–H groups in total. The Balaban J connectivity index is 2.57. The lowest BCUT2D eigenvalue weighted by atomic mass is 9.96. The number of furan rings is 1. The average Bonchev–Trinajstić information content (AvgIpc) is 2.85. The van der Waals surface area contributed by atoms with Crippen molar-refractivity contribution in [1.82, 2.24) is 4.90 Å². The van der Waals surface area contributed by atoms with Crippen LogP contribution in [0.1, 0.15) is 58.0 Å². The minimum atomic E-state index is 0.178. The third kappa shape index (κ3) is 5.92. The highest BCUT2D eigenvalue weighted by molar-refractivity contribution is 5.76. The van der Waals surface area contributed by atoms with Gasteiger partial charge in [0.1, 0.15) is 11.5 Å². The van der Waals surface area contributed by atoms with Crippen LogP contribution in [0.5, 0.6) is 0 Å². The first-order valence-corrected chi connectivity index (χ1v) is 8.02. The highest BCUT2D eigenvalue weighted by Gasteiger charge is 2.19. The number of aryl methyl sites for hydroxylation is 1. The van der Waals surface area contributed by atoms with Crippen LogP contribution in [0.15, 0.2) is 16.5 Å². The van der Waals surface area contributed by atoms with E-state index in [1.54, 1.807) is 0 Å². The quantitative estimate of drug-likeness (QED) is 0.758. The second kappa shape index (κ2) is 8.88. The van der Waals surface area contributed by atoms with Gasteiger partial charge in [0, 0.05) is 12.5 Å². The predicted octanol–water partition coefficient (Wildman–Crippen LogP) is 3.48. The first-order valence-electron chi connectivity index (χ1n) is 8.02. The number of hydrogen-bond donors (Lipinski definition) is 1. The molecule has 120 valence electrons. The van der Waals surface area contributed by atoms with E-state index in [2.05, 4.69) is 6.92 Å². The van der Waals surface area contributed by atoms with Crippen LogP contribution >= 0.6 is 0 Å². The molecule has 0 bridgehead atoms. The molecule has 4 nitrogen and oxygen atoms in total. The Hall–Kier alpha value is -1.29. The van der Waals surface area contributed by atoms with Crippen LogP contribution in [0.25, 0.3) is 0 Å². The van der Waals surface area contributed by atoms with Crippen LogP contribution in [0, 0.1) is 12.8 Å². The molecule has 0 aromatic carbocycles. The summed E-state index contributed by atoms with van der Waals surface area (Å²) in [5.41, 5.74) is 5.62. The van der Waals surface area contributed by atoms with E-state index in [-0.39, 0.29) is 11.9 Å². The number of amides is 1. The molecule has 0 saturated heterocycles. The van der Waals surface area contributed by atoms with Crippen LogP contribution in [0.3, 0.4) is 0 Å². The second-order valence-electron chi connectivity index (χ2n) is 6.02. The first kappa shape index (κ1) is 17.8. The fourth-order valence-electron chi connectivity index (χ4n) is 2.56. The number of carbonyl (C=O) groups is 1. The van der Waals surface area contributed by atoms with Gasteiger partial charge in [0.15, 0.2) is 0 Å². The molecule has 4 heteroatoms. The third-order valence-electron chi connectivity index (χ3n) is 3.98. The van der Waals surface area contributed by atoms with Crippen molar-refractivity contribution in [2.24, 2.45) is 11.7 Å². The summed E-state index contributed by atoms with van der Waals surface area (Å²) in [7, 11) is 0. The number of nitrogens with zero attached hydrogens (tertiary/aromatic N) is 1. The van der Waals surface area contributed by atoms with Crippen molar-refractivity contribution in [2.75, 3.05) is 6.54 Å². The molecule has 0 radical (unpaired) electrons. The van der Waals surface area contributed by atoms with Crippen LogP contribution in [-0.2, 0) is 11.3 Å². The largest absolute Gasteiger partial charge is 0.464 e. The summed E-state index contributed by atoms with van der Waals surface area (Å²) in [6.45, 7) is 9.43. The standard InChI is InChI=1S/C17H30N2O2/c1-5-15(10-11-18)7-9-17(20)19(13(2)3)12-16-8-6-14(4)21-16/h6,8,13,15H,5,7,9-12,18H2,1-4H3. The van der Waals surface area contributed by atoms with E-state index in [1.165, 1.54) is 0 Å². The van der Waals surface area contributed by atoms with E-state index in [0.717, 1.165) is 30.8 Å². The Morgan fingerprint density at radius 3 is 2.52 bits per heavy atom. The fourth-order valence-corrected chi connectivity index (χ4v) is 2.56. The monoisotopic (exact) mass is 294 g/mol. The maximum absolute atomic E-state index is 12.5. The zero-order valence-corrected chi connectivity index (χ0v) is 13.9. The van der Waals surface area contributed by atoms with Gasteiger partial charge in [0.2, 0.25) is 5.91 Å². The van der Waals surface area contributed by atoms with E-state index in [0.29, 0.717) is 25.4 Å². The maximum atomic E-state index is 12.5. The topological polar surface area (TPSA) is 59.5 Å². The Bertz CT molecular complexity index is 426. The zero-order valence-electron chi connectivity index (χ0n) is 13.9. The average molecular weight is 294 g/mol. The van der Waals surface area contributed by atoms with Gasteiger partial charge in [0.25, 0.3) is 0 Å². The van der Waals surface area contributed by atoms with E-state index < -0.39 is 0 Å². The lowest BCUT2D eigenvalue weighted by Crippen LogP contribution is -2.36. The summed E-state index contributed by atoms with van der Waals surface area (Å²) in [5, 5.41) is 0. The zero-order chi connectivity index (χ0) is 15.8. The Labute approximate surface area is 128 Å². The fraction of sp³-hybridized carbons (Fsp3) is 0.706. The molecule has 1 unspecified atom stereocenters. The number of nitrogens with two attached hydrogens (primary N) is 1. The van der Waals surface area contributed by atoms with Gasteiger partial charge in [-0.15, -0.1) is 0 Å². The van der Waals surface area contributed by atoms with Crippen molar-refractivity contribution >= 4 is 5.91 Å². The Kier molecular flexibility index (Phi) is 7.51. The molecule has 0 saturated carbocycles. The van der Waals surface area contributed by atoms with Crippen molar-refractivity contribution in [2.45, 2.75) is 66.0 Å². The number of carbonyl (C=O) groups excluding carboxylic acids is 1. The molecule has 1 aromatic rings. The summed E-state index contributed by atoms with van der Waals surface area (Å²) >= 11 is 0. The van der Waals surface area contributed by atoms with Gasteiger partial charge in [-0.25, -0.2) is 0 Å². The van der Waals surface area contributed by atoms with Crippen LogP contribution in [0.2, 0.25) is 0 Å². The van der Waals surface area contributed by atoms with Crippen molar-refractivity contribution < 1.29 is 9.21 Å². The van der Waals surface area contributed by atoms with Crippen LogP contribution in [0.4, 0.5) is 0 Å². The molecule has 1 atom stereocenters. The third-order valence-corrected chi connectivity index (χ3v) is 3.98. The summed E-state index contributed by atoms with van der Waals surface area (Å²) in [6, 6.07) is 4.06. The summed E-state index contributed by atoms with van der Waals surface area (Å²) in [5.74, 6) is 2.49. The molecule has 0 aliphatic heterocycles. The lowest BCUT2D eigenvalue weighted by molar-refractivity contribution is -0.134. The van der Waals surface area contributed by atoms with E-state index in [9.17, 15) is 4.79 Å². The number of rotatable bonds is 9. The van der Waals surface area contributed by atoms with Crippen molar-refractivity contribution in [1.29, 1.82) is 0 Å². The summed E-state index contributed by atoms with van der Waals surface area (Å²) in [4.78, 5) is 14.4. The summed E-state index contributed by atoms with van der Waals surface area (Å²) in [6.07, 6.45) is 3.61. The molecule has 0 spiro atoms. The minimum Gasteiger partial charge on any atom is -0.464 e. The van der Waals surface area contributed by atoms with Gasteiger partial charge in [-0.05, 0) is 58.2 Å². The molecule has 0 aliphatic carbocycles. The van der Waals surface area contributed by atoms with Crippen molar-refractivity contribution in [3.8, 4) is 0 Å². The van der Waals surface area contributed by atoms with Crippen LogP contribution in [-0.4, -0.2) is 23.4 Å². The van der Waals surface area contributed by atoms with E-state index >= 15 is 0 Å². The van der Waals surface area contributed by atoms with Gasteiger partial charge >= 0.3 is 0 Å². The lowest BCUT2D eigenvalue weighted by Gasteiger charge is -2.26. The van der Waals surface area contributed by atoms with Crippen LogP contribution < -0.4 is 5.73 Å². The smallest absolute Gasteiger partial charge is 0.223 e. The van der Waals surface area contributed by atoms with E-state index in [4.69, 9.17) is 10.2 Å². The molecule has 1 heterocycles. The molecule has 0 fully saturated rings. The molecule has 1 aromatic heterocycles. The Morgan fingerprint density at radius 1 is 1.33 bits per heavy atom. The molecule has 21 heavy (non-hydrogen) atoms. The van der Waals surface area contributed by atoms with Gasteiger partial charge < -0.3 is 15.1 Å². The van der Waals surface area contributed by atoms with Gasteiger partial charge in [-0.1, -0.05) is 13.3 Å². The molecule has 1 amide bonds. The predicted molar refractivity (Wildman–Crippen MR) is 85.8 cm³/mol. The van der Waals surface area contributed by atoms with Crippen molar-refractivity contribution in [3.63, 3.8) is 0 Å². The maximum Gasteiger partial charge on any atom is 0.223 e. The normalized spacial score (nSPS) is 12.7. The summed E-state index contributed by atoms with van der Waals surface area (Å²) < 4.78 is 5.59. The molecular weight excluding hydrogens is 264 g/mol. The van der Waals surface area contributed by atoms with Crippen molar-refractivity contribution in [3.05, 3.63) is 23.7 Å². The molecular formula is C17H30N2O2. The molecule has 1 rings (SSSR count). The number of hydrogen-bond acceptors (Lipinski definition) is 3. The first-order chi connectivity index (χ1) is 9.97.